The van der Waals surface area contributed by atoms with Crippen molar-refractivity contribution in [2.24, 2.45) is 0 Å². The van der Waals surface area contributed by atoms with Gasteiger partial charge in [-0.3, -0.25) is 4.57 Å². The summed E-state index contributed by atoms with van der Waals surface area (Å²) < 4.78 is 2.38. The molecule has 1 fully saturated rings. The molecule has 2 aromatic heterocycles. The zero-order chi connectivity index (χ0) is 17.8. The van der Waals surface area contributed by atoms with Gasteiger partial charge < -0.3 is 0 Å². The summed E-state index contributed by atoms with van der Waals surface area (Å²) in [5.41, 5.74) is 5.46. The van der Waals surface area contributed by atoms with E-state index in [1.54, 1.807) is 11.3 Å². The van der Waals surface area contributed by atoms with Gasteiger partial charge in [-0.25, -0.2) is 0 Å². The highest BCUT2D eigenvalue weighted by atomic mass is 32.2. The summed E-state index contributed by atoms with van der Waals surface area (Å²) in [4.78, 5) is 1.20. The van der Waals surface area contributed by atoms with Gasteiger partial charge in [-0.05, 0) is 46.5 Å². The van der Waals surface area contributed by atoms with Crippen molar-refractivity contribution in [2.45, 2.75) is 29.3 Å². The zero-order valence-corrected chi connectivity index (χ0v) is 16.2. The van der Waals surface area contributed by atoms with Gasteiger partial charge >= 0.3 is 0 Å². The molecule has 0 radical (unpaired) electrons. The smallest absolute Gasteiger partial charge is 0.192 e. The minimum atomic E-state index is 0.273. The molecule has 1 saturated carbocycles. The fraction of sp³-hybridized carbons (Fsp3) is 0.182. The summed E-state index contributed by atoms with van der Waals surface area (Å²) in [5, 5.41) is 12.6. The van der Waals surface area contributed by atoms with Gasteiger partial charge in [0.05, 0.1) is 10.1 Å². The standard InChI is InChI=1S/C22H17N3S2/c1-3-8-17-15(6-1)16-7-2-4-9-18(16)20(17)27-22-24-23-21(19-10-5-13-26-19)25(22)14-11-12-14/h1-10,13-14,20H,11-12H2. The number of thiophene rings is 1. The number of hydrogen-bond acceptors (Lipinski definition) is 4. The maximum absolute atomic E-state index is 4.63. The van der Waals surface area contributed by atoms with E-state index in [2.05, 4.69) is 80.8 Å². The molecule has 5 heteroatoms. The Kier molecular flexibility index (Phi) is 3.52. The van der Waals surface area contributed by atoms with Gasteiger partial charge in [0.1, 0.15) is 0 Å². The largest absolute Gasteiger partial charge is 0.298 e. The van der Waals surface area contributed by atoms with Crippen LogP contribution in [0.15, 0.2) is 71.2 Å². The van der Waals surface area contributed by atoms with Crippen molar-refractivity contribution in [2.75, 3.05) is 0 Å². The Morgan fingerprint density at radius 3 is 2.19 bits per heavy atom. The van der Waals surface area contributed by atoms with Crippen molar-refractivity contribution >= 4 is 23.1 Å². The Balaban J connectivity index is 1.46. The number of nitrogens with zero attached hydrogens (tertiary/aromatic N) is 3. The third-order valence-corrected chi connectivity index (χ3v) is 7.42. The number of thioether (sulfide) groups is 1. The monoisotopic (exact) mass is 387 g/mol. The average molecular weight is 388 g/mol. The molecular weight excluding hydrogens is 370 g/mol. The molecule has 0 bridgehead atoms. The normalized spacial score (nSPS) is 15.7. The Morgan fingerprint density at radius 2 is 1.56 bits per heavy atom. The SMILES string of the molecule is c1csc(-c2nnc(SC3c4ccccc4-c4ccccc43)n2C2CC2)c1. The molecule has 132 valence electrons. The molecule has 0 unspecified atom stereocenters. The predicted molar refractivity (Wildman–Crippen MR) is 111 cm³/mol. The number of rotatable bonds is 4. The van der Waals surface area contributed by atoms with Gasteiger partial charge in [0.15, 0.2) is 11.0 Å². The summed E-state index contributed by atoms with van der Waals surface area (Å²) in [6, 6.07) is 22.3. The van der Waals surface area contributed by atoms with E-state index in [1.165, 1.54) is 40.0 Å². The van der Waals surface area contributed by atoms with E-state index in [1.807, 2.05) is 11.8 Å². The van der Waals surface area contributed by atoms with E-state index in [4.69, 9.17) is 0 Å². The first kappa shape index (κ1) is 15.7. The topological polar surface area (TPSA) is 30.7 Å². The third-order valence-electron chi connectivity index (χ3n) is 5.32. The van der Waals surface area contributed by atoms with Crippen LogP contribution < -0.4 is 0 Å². The molecule has 0 atom stereocenters. The fourth-order valence-corrected chi connectivity index (χ4v) is 5.95. The maximum atomic E-state index is 4.63. The third kappa shape index (κ3) is 2.49. The second-order valence-electron chi connectivity index (χ2n) is 7.06. The summed E-state index contributed by atoms with van der Waals surface area (Å²) in [7, 11) is 0. The number of benzene rings is 2. The highest BCUT2D eigenvalue weighted by Crippen LogP contribution is 2.53. The lowest BCUT2D eigenvalue weighted by Gasteiger charge is -2.14. The molecular formula is C22H17N3S2. The second kappa shape index (κ2) is 6.08. The first-order chi connectivity index (χ1) is 13.4. The molecule has 2 heterocycles. The van der Waals surface area contributed by atoms with Crippen molar-refractivity contribution in [3.05, 3.63) is 77.2 Å². The Hall–Kier alpha value is -2.37. The van der Waals surface area contributed by atoms with Crippen molar-refractivity contribution in [3.8, 4) is 21.8 Å². The van der Waals surface area contributed by atoms with E-state index >= 15 is 0 Å². The number of fused-ring (bicyclic) bond motifs is 3. The second-order valence-corrected chi connectivity index (χ2v) is 9.08. The Labute approximate surface area is 166 Å². The molecule has 0 aliphatic heterocycles. The fourth-order valence-electron chi connectivity index (χ4n) is 3.93. The quantitative estimate of drug-likeness (QED) is 0.417. The van der Waals surface area contributed by atoms with Crippen LogP contribution in [0, 0.1) is 0 Å². The van der Waals surface area contributed by atoms with E-state index < -0.39 is 0 Å². The van der Waals surface area contributed by atoms with Gasteiger partial charge in [0.2, 0.25) is 0 Å². The van der Waals surface area contributed by atoms with Crippen LogP contribution in [0.5, 0.6) is 0 Å². The summed E-state index contributed by atoms with van der Waals surface area (Å²) >= 11 is 3.58. The van der Waals surface area contributed by atoms with Crippen molar-refractivity contribution in [3.63, 3.8) is 0 Å². The van der Waals surface area contributed by atoms with Gasteiger partial charge in [-0.15, -0.1) is 21.5 Å². The minimum absolute atomic E-state index is 0.273. The molecule has 3 nitrogen and oxygen atoms in total. The van der Waals surface area contributed by atoms with Crippen LogP contribution in [0.2, 0.25) is 0 Å². The molecule has 0 spiro atoms. The van der Waals surface area contributed by atoms with Crippen molar-refractivity contribution in [1.82, 2.24) is 14.8 Å². The lowest BCUT2D eigenvalue weighted by Crippen LogP contribution is -2.01. The average Bonchev–Trinajstić information content (AvgIpc) is 3.14. The number of hydrogen-bond donors (Lipinski definition) is 0. The van der Waals surface area contributed by atoms with E-state index in [9.17, 15) is 0 Å². The first-order valence-corrected chi connectivity index (χ1v) is 11.0. The van der Waals surface area contributed by atoms with Crippen LogP contribution in [-0.4, -0.2) is 14.8 Å². The molecule has 0 saturated heterocycles. The van der Waals surface area contributed by atoms with Crippen molar-refractivity contribution < 1.29 is 0 Å². The van der Waals surface area contributed by atoms with Crippen LogP contribution in [0.3, 0.4) is 0 Å². The van der Waals surface area contributed by atoms with Crippen LogP contribution in [0.4, 0.5) is 0 Å². The van der Waals surface area contributed by atoms with Crippen LogP contribution in [0.25, 0.3) is 21.8 Å². The number of aromatic nitrogens is 3. The molecule has 4 aromatic rings. The summed E-state index contributed by atoms with van der Waals surface area (Å²) in [5.74, 6) is 1.02. The summed E-state index contributed by atoms with van der Waals surface area (Å²) in [6.07, 6.45) is 2.45. The highest BCUT2D eigenvalue weighted by molar-refractivity contribution is 7.99. The van der Waals surface area contributed by atoms with Gasteiger partial charge in [0, 0.05) is 6.04 Å². The van der Waals surface area contributed by atoms with Crippen LogP contribution in [0.1, 0.15) is 35.3 Å². The Bertz CT molecular complexity index is 1080. The summed E-state index contributed by atoms with van der Waals surface area (Å²) in [6.45, 7) is 0. The molecule has 2 aliphatic carbocycles. The van der Waals surface area contributed by atoms with Crippen molar-refractivity contribution in [1.29, 1.82) is 0 Å². The molecule has 0 amide bonds. The molecule has 0 N–H and O–H groups in total. The van der Waals surface area contributed by atoms with Crippen LogP contribution >= 0.6 is 23.1 Å². The minimum Gasteiger partial charge on any atom is -0.298 e. The first-order valence-electron chi connectivity index (χ1n) is 9.24. The zero-order valence-electron chi connectivity index (χ0n) is 14.6. The van der Waals surface area contributed by atoms with E-state index in [-0.39, 0.29) is 5.25 Å². The molecule has 2 aromatic carbocycles. The maximum Gasteiger partial charge on any atom is 0.192 e. The van der Waals surface area contributed by atoms with Gasteiger partial charge in [0.25, 0.3) is 0 Å². The van der Waals surface area contributed by atoms with E-state index in [0.29, 0.717) is 6.04 Å². The Morgan fingerprint density at radius 1 is 0.852 bits per heavy atom. The molecule has 27 heavy (non-hydrogen) atoms. The molecule has 2 aliphatic rings. The van der Waals surface area contributed by atoms with E-state index in [0.717, 1.165) is 11.0 Å². The lowest BCUT2D eigenvalue weighted by molar-refractivity contribution is 0.669. The van der Waals surface area contributed by atoms with Gasteiger partial charge in [-0.2, -0.15) is 0 Å². The molecule has 6 rings (SSSR count). The van der Waals surface area contributed by atoms with Gasteiger partial charge in [-0.1, -0.05) is 66.4 Å². The van der Waals surface area contributed by atoms with Crippen LogP contribution in [-0.2, 0) is 0 Å². The predicted octanol–water partition coefficient (Wildman–Crippen LogP) is 6.20. The highest BCUT2D eigenvalue weighted by Gasteiger charge is 2.34. The lowest BCUT2D eigenvalue weighted by atomic mass is 10.1.